The highest BCUT2D eigenvalue weighted by molar-refractivity contribution is 9.10. The topological polar surface area (TPSA) is 92.5 Å². The number of carbonyl (C=O) groups excluding carboxylic acids is 1. The molecule has 2 aliphatic heterocycles. The first-order chi connectivity index (χ1) is 18.5. The first-order valence-corrected chi connectivity index (χ1v) is 14.8. The maximum Gasteiger partial charge on any atom is 0.298 e. The molecule has 6 nitrogen and oxygen atoms in total. The maximum atomic E-state index is 16.0. The molecule has 2 saturated heterocycles. The van der Waals surface area contributed by atoms with Crippen molar-refractivity contribution in [1.82, 2.24) is 9.62 Å². The molecule has 3 aromatic rings. The van der Waals surface area contributed by atoms with Crippen LogP contribution in [0.3, 0.4) is 0 Å². The average molecular weight is 623 g/mol. The number of amides is 1. The Kier molecular flexibility index (Phi) is 7.62. The Morgan fingerprint density at radius 1 is 0.923 bits per heavy atom. The Morgan fingerprint density at radius 2 is 1.44 bits per heavy atom. The molecule has 0 saturated carbocycles. The summed E-state index contributed by atoms with van der Waals surface area (Å²) in [5, 5.41) is 0. The van der Waals surface area contributed by atoms with Crippen LogP contribution in [0.2, 0.25) is 0 Å². The standard InChI is InChI=1S/C28H27BrF3N3O3S/c29-20-7-5-19(6-8-20)28(31,32)26(27(36)35-23-11-12-24(35)16-22(33)15-23)34-39(37,38)25-13-3-18(4-14-25)17-1-9-21(30)10-2-17/h1-10,13-14,22-24,26,34H,11-12,15-16,33H2. The van der Waals surface area contributed by atoms with Gasteiger partial charge in [-0.25, -0.2) is 12.8 Å². The number of hydrogen-bond acceptors (Lipinski definition) is 4. The van der Waals surface area contributed by atoms with Crippen LogP contribution in [-0.4, -0.2) is 43.4 Å². The van der Waals surface area contributed by atoms with Crippen LogP contribution in [-0.2, 0) is 20.7 Å². The third-order valence-electron chi connectivity index (χ3n) is 7.48. The highest BCUT2D eigenvalue weighted by Crippen LogP contribution is 2.40. The summed E-state index contributed by atoms with van der Waals surface area (Å²) in [6.45, 7) is 0. The number of nitrogens with two attached hydrogens (primary N) is 1. The third-order valence-corrected chi connectivity index (χ3v) is 9.45. The number of rotatable bonds is 7. The number of nitrogens with zero attached hydrogens (tertiary/aromatic N) is 1. The van der Waals surface area contributed by atoms with Crippen LogP contribution in [0.1, 0.15) is 31.2 Å². The number of halogens is 4. The van der Waals surface area contributed by atoms with Gasteiger partial charge < -0.3 is 10.6 Å². The van der Waals surface area contributed by atoms with E-state index in [9.17, 15) is 17.6 Å². The lowest BCUT2D eigenvalue weighted by molar-refractivity contribution is -0.149. The Morgan fingerprint density at radius 3 is 1.97 bits per heavy atom. The zero-order valence-corrected chi connectivity index (χ0v) is 23.1. The Balaban J connectivity index is 1.48. The highest BCUT2D eigenvalue weighted by Gasteiger charge is 2.53. The monoisotopic (exact) mass is 621 g/mol. The molecule has 0 spiro atoms. The molecule has 11 heteroatoms. The van der Waals surface area contributed by atoms with Gasteiger partial charge in [0.15, 0.2) is 6.04 Å². The average Bonchev–Trinajstić information content (AvgIpc) is 3.18. The summed E-state index contributed by atoms with van der Waals surface area (Å²) in [6, 6.07) is 13.2. The van der Waals surface area contributed by atoms with Gasteiger partial charge in [-0.1, -0.05) is 52.3 Å². The fourth-order valence-electron chi connectivity index (χ4n) is 5.54. The number of piperidine rings is 1. The molecule has 5 rings (SSSR count). The molecule has 3 aromatic carbocycles. The van der Waals surface area contributed by atoms with E-state index in [1.165, 1.54) is 53.4 Å². The molecule has 3 N–H and O–H groups in total. The van der Waals surface area contributed by atoms with Crippen molar-refractivity contribution in [1.29, 1.82) is 0 Å². The highest BCUT2D eigenvalue weighted by atomic mass is 79.9. The van der Waals surface area contributed by atoms with E-state index >= 15 is 8.78 Å². The molecule has 3 unspecified atom stereocenters. The van der Waals surface area contributed by atoms with E-state index in [2.05, 4.69) is 15.9 Å². The van der Waals surface area contributed by atoms with Crippen molar-refractivity contribution in [2.45, 2.75) is 60.7 Å². The van der Waals surface area contributed by atoms with Gasteiger partial charge in [0.2, 0.25) is 15.9 Å². The van der Waals surface area contributed by atoms with Gasteiger partial charge in [-0.2, -0.15) is 13.5 Å². The summed E-state index contributed by atoms with van der Waals surface area (Å²) in [5.41, 5.74) is 6.89. The normalized spacial score (nSPS) is 22.1. The van der Waals surface area contributed by atoms with E-state index in [1.54, 1.807) is 12.1 Å². The smallest absolute Gasteiger partial charge is 0.298 e. The Hall–Kier alpha value is -2.73. The lowest BCUT2D eigenvalue weighted by Crippen LogP contribution is -2.60. The van der Waals surface area contributed by atoms with Crippen LogP contribution in [0.5, 0.6) is 0 Å². The molecule has 0 aliphatic carbocycles. The van der Waals surface area contributed by atoms with E-state index in [-0.39, 0.29) is 23.0 Å². The molecular formula is C28H27BrF3N3O3S. The third kappa shape index (κ3) is 5.63. The van der Waals surface area contributed by atoms with Crippen molar-refractivity contribution in [2.75, 3.05) is 0 Å². The maximum absolute atomic E-state index is 16.0. The molecule has 2 heterocycles. The van der Waals surface area contributed by atoms with Crippen molar-refractivity contribution < 1.29 is 26.4 Å². The second-order valence-corrected chi connectivity index (χ2v) is 12.7. The van der Waals surface area contributed by atoms with E-state index in [1.807, 2.05) is 4.72 Å². The number of fused-ring (bicyclic) bond motifs is 2. The Labute approximate surface area is 233 Å². The van der Waals surface area contributed by atoms with Crippen LogP contribution < -0.4 is 10.5 Å². The van der Waals surface area contributed by atoms with Crippen molar-refractivity contribution in [3.05, 3.63) is 88.6 Å². The second kappa shape index (κ2) is 10.7. The van der Waals surface area contributed by atoms with Gasteiger partial charge in [0.25, 0.3) is 5.92 Å². The molecular weight excluding hydrogens is 595 g/mol. The fraction of sp³-hybridized carbons (Fsp3) is 0.321. The lowest BCUT2D eigenvalue weighted by atomic mass is 9.95. The van der Waals surface area contributed by atoms with Gasteiger partial charge >= 0.3 is 0 Å². The number of benzene rings is 3. The SMILES string of the molecule is NC1CC2CCC(C1)N2C(=O)C(NS(=O)(=O)c1ccc(-c2ccc(F)cc2)cc1)C(F)(F)c1ccc(Br)cc1. The molecule has 206 valence electrons. The van der Waals surface area contributed by atoms with Crippen LogP contribution >= 0.6 is 15.9 Å². The Bertz CT molecular complexity index is 1440. The summed E-state index contributed by atoms with van der Waals surface area (Å²) in [6.07, 6.45) is 2.24. The van der Waals surface area contributed by atoms with Gasteiger partial charge in [0, 0.05) is 28.2 Å². The molecule has 3 atom stereocenters. The molecule has 1 amide bonds. The van der Waals surface area contributed by atoms with Crippen molar-refractivity contribution >= 4 is 31.9 Å². The van der Waals surface area contributed by atoms with Gasteiger partial charge in [0.1, 0.15) is 5.82 Å². The zero-order chi connectivity index (χ0) is 27.9. The summed E-state index contributed by atoms with van der Waals surface area (Å²) in [7, 11) is -4.54. The van der Waals surface area contributed by atoms with Crippen LogP contribution in [0.4, 0.5) is 13.2 Å². The molecule has 2 aliphatic rings. The van der Waals surface area contributed by atoms with E-state index in [0.29, 0.717) is 41.3 Å². The molecule has 39 heavy (non-hydrogen) atoms. The minimum atomic E-state index is -4.54. The van der Waals surface area contributed by atoms with Gasteiger partial charge in [-0.15, -0.1) is 0 Å². The predicted octanol–water partition coefficient (Wildman–Crippen LogP) is 5.17. The van der Waals surface area contributed by atoms with Crippen LogP contribution in [0.25, 0.3) is 11.1 Å². The zero-order valence-electron chi connectivity index (χ0n) is 20.7. The molecule has 0 aromatic heterocycles. The fourth-order valence-corrected chi connectivity index (χ4v) is 6.99. The van der Waals surface area contributed by atoms with E-state index < -0.39 is 39.3 Å². The number of carbonyl (C=O) groups is 1. The van der Waals surface area contributed by atoms with Crippen LogP contribution in [0, 0.1) is 5.82 Å². The number of sulfonamides is 1. The molecule has 0 radical (unpaired) electrons. The van der Waals surface area contributed by atoms with Gasteiger partial charge in [0.05, 0.1) is 4.90 Å². The molecule has 2 fully saturated rings. The largest absolute Gasteiger partial charge is 0.335 e. The van der Waals surface area contributed by atoms with E-state index in [4.69, 9.17) is 5.73 Å². The van der Waals surface area contributed by atoms with E-state index in [0.717, 1.165) is 12.1 Å². The first-order valence-electron chi connectivity index (χ1n) is 12.6. The first kappa shape index (κ1) is 27.8. The number of nitrogens with one attached hydrogen (secondary N) is 1. The minimum absolute atomic E-state index is 0.131. The summed E-state index contributed by atoms with van der Waals surface area (Å²) < 4.78 is 74.7. The second-order valence-electron chi connectivity index (χ2n) is 10.1. The summed E-state index contributed by atoms with van der Waals surface area (Å²) in [4.78, 5) is 14.9. The van der Waals surface area contributed by atoms with Crippen molar-refractivity contribution in [3.8, 4) is 11.1 Å². The van der Waals surface area contributed by atoms with Gasteiger partial charge in [-0.3, -0.25) is 4.79 Å². The lowest BCUT2D eigenvalue weighted by Gasteiger charge is -2.41. The molecule has 2 bridgehead atoms. The predicted molar refractivity (Wildman–Crippen MR) is 145 cm³/mol. The van der Waals surface area contributed by atoms with Crippen LogP contribution in [0.15, 0.2) is 82.2 Å². The quantitative estimate of drug-likeness (QED) is 0.380. The van der Waals surface area contributed by atoms with Crippen molar-refractivity contribution in [2.24, 2.45) is 5.73 Å². The minimum Gasteiger partial charge on any atom is -0.335 e. The number of hydrogen-bond donors (Lipinski definition) is 2. The van der Waals surface area contributed by atoms with Crippen molar-refractivity contribution in [3.63, 3.8) is 0 Å². The van der Waals surface area contributed by atoms with Gasteiger partial charge in [-0.05, 0) is 73.2 Å². The number of alkyl halides is 2. The summed E-state index contributed by atoms with van der Waals surface area (Å²) >= 11 is 3.21. The summed E-state index contributed by atoms with van der Waals surface area (Å²) in [5.74, 6) is -5.22.